The zero-order chi connectivity index (χ0) is 19.0. The normalized spacial score (nSPS) is 19.4. The van der Waals surface area contributed by atoms with Crippen LogP contribution in [0.4, 0.5) is 10.8 Å². The van der Waals surface area contributed by atoms with Crippen molar-refractivity contribution in [2.75, 3.05) is 17.2 Å². The molecule has 2 aromatic rings. The van der Waals surface area contributed by atoms with E-state index in [9.17, 15) is 9.59 Å². The van der Waals surface area contributed by atoms with E-state index in [4.69, 9.17) is 0 Å². The lowest BCUT2D eigenvalue weighted by Gasteiger charge is -2.39. The molecule has 1 aliphatic carbocycles. The number of nitrogens with zero attached hydrogens (tertiary/aromatic N) is 3. The molecule has 0 bridgehead atoms. The predicted molar refractivity (Wildman–Crippen MR) is 105 cm³/mol. The van der Waals surface area contributed by atoms with Crippen LogP contribution >= 0.6 is 11.3 Å². The minimum atomic E-state index is -0.258. The van der Waals surface area contributed by atoms with Crippen LogP contribution in [0.15, 0.2) is 24.3 Å². The average molecular weight is 385 g/mol. The lowest BCUT2D eigenvalue weighted by molar-refractivity contribution is -0.117. The standard InChI is InChI=1S/C19H23N5O2S/c1-11(2)16-20-14-9-4-3-8-13(14)18(26)24(16)10-15(25)21-19-23-22-17(27-19)12-6-5-7-12/h3-4,8-9,11-12,16,20H,5-7,10H2,1-2H3,(H,21,23,25)/t16-/m1/s1. The van der Waals surface area contributed by atoms with Crippen LogP contribution in [0.3, 0.4) is 0 Å². The summed E-state index contributed by atoms with van der Waals surface area (Å²) < 4.78 is 0. The molecule has 8 heteroatoms. The fourth-order valence-corrected chi connectivity index (χ4v) is 4.36. The number of fused-ring (bicyclic) bond motifs is 1. The van der Waals surface area contributed by atoms with Crippen molar-refractivity contribution in [3.05, 3.63) is 34.8 Å². The van der Waals surface area contributed by atoms with Gasteiger partial charge in [0.05, 0.1) is 5.56 Å². The third-order valence-corrected chi connectivity index (χ3v) is 6.15. The SMILES string of the molecule is CC(C)[C@@H]1Nc2ccccc2C(=O)N1CC(=O)Nc1nnc(C2CCC2)s1. The molecule has 1 aliphatic heterocycles. The molecule has 0 unspecified atom stereocenters. The van der Waals surface area contributed by atoms with E-state index in [1.807, 2.05) is 32.0 Å². The van der Waals surface area contributed by atoms with Crippen molar-refractivity contribution in [2.45, 2.75) is 45.2 Å². The van der Waals surface area contributed by atoms with E-state index in [1.54, 1.807) is 11.0 Å². The molecule has 1 aromatic heterocycles. The molecule has 142 valence electrons. The smallest absolute Gasteiger partial charge is 0.258 e. The largest absolute Gasteiger partial charge is 0.364 e. The molecule has 27 heavy (non-hydrogen) atoms. The maximum absolute atomic E-state index is 12.9. The minimum Gasteiger partial charge on any atom is -0.364 e. The fraction of sp³-hybridized carbons (Fsp3) is 0.474. The quantitative estimate of drug-likeness (QED) is 0.825. The number of hydrogen-bond donors (Lipinski definition) is 2. The number of hydrogen-bond acceptors (Lipinski definition) is 6. The highest BCUT2D eigenvalue weighted by Gasteiger charge is 2.34. The average Bonchev–Trinajstić information content (AvgIpc) is 3.03. The van der Waals surface area contributed by atoms with Crippen LogP contribution in [0, 0.1) is 5.92 Å². The molecule has 2 heterocycles. The topological polar surface area (TPSA) is 87.2 Å². The number of amides is 2. The van der Waals surface area contributed by atoms with Gasteiger partial charge in [-0.3, -0.25) is 14.9 Å². The summed E-state index contributed by atoms with van der Waals surface area (Å²) in [6.07, 6.45) is 3.28. The van der Waals surface area contributed by atoms with Crippen molar-refractivity contribution in [3.63, 3.8) is 0 Å². The second-order valence-corrected chi connectivity index (χ2v) is 8.44. The van der Waals surface area contributed by atoms with Gasteiger partial charge < -0.3 is 10.2 Å². The second kappa shape index (κ2) is 7.26. The number of para-hydroxylation sites is 1. The molecule has 2 aliphatic rings. The van der Waals surface area contributed by atoms with E-state index in [-0.39, 0.29) is 30.4 Å². The van der Waals surface area contributed by atoms with Crippen LogP contribution in [0.25, 0.3) is 0 Å². The zero-order valence-electron chi connectivity index (χ0n) is 15.4. The molecule has 1 atom stereocenters. The first-order valence-corrected chi connectivity index (χ1v) is 10.1. The molecule has 4 rings (SSSR count). The minimum absolute atomic E-state index is 0.0264. The number of benzene rings is 1. The van der Waals surface area contributed by atoms with E-state index in [0.29, 0.717) is 16.6 Å². The lowest BCUT2D eigenvalue weighted by atomic mass is 9.86. The van der Waals surface area contributed by atoms with Crippen LogP contribution in [-0.2, 0) is 4.79 Å². The zero-order valence-corrected chi connectivity index (χ0v) is 16.3. The molecule has 1 saturated carbocycles. The molecular weight excluding hydrogens is 362 g/mol. The summed E-state index contributed by atoms with van der Waals surface area (Å²) in [6, 6.07) is 7.40. The Hall–Kier alpha value is -2.48. The van der Waals surface area contributed by atoms with Crippen molar-refractivity contribution >= 4 is 34.0 Å². The Kier molecular flexibility index (Phi) is 4.82. The van der Waals surface area contributed by atoms with Gasteiger partial charge >= 0.3 is 0 Å². The first-order chi connectivity index (χ1) is 13.0. The summed E-state index contributed by atoms with van der Waals surface area (Å²) >= 11 is 1.43. The molecule has 1 fully saturated rings. The number of rotatable bonds is 5. The maximum Gasteiger partial charge on any atom is 0.258 e. The van der Waals surface area contributed by atoms with Crippen molar-refractivity contribution in [1.82, 2.24) is 15.1 Å². The van der Waals surface area contributed by atoms with Gasteiger partial charge in [-0.15, -0.1) is 10.2 Å². The van der Waals surface area contributed by atoms with Crippen LogP contribution in [0.1, 0.15) is 54.4 Å². The highest BCUT2D eigenvalue weighted by Crippen LogP contribution is 2.38. The maximum atomic E-state index is 12.9. The van der Waals surface area contributed by atoms with Crippen molar-refractivity contribution in [2.24, 2.45) is 5.92 Å². The lowest BCUT2D eigenvalue weighted by Crippen LogP contribution is -2.53. The number of nitrogens with one attached hydrogen (secondary N) is 2. The first kappa shape index (κ1) is 17.9. The Morgan fingerprint density at radius 1 is 1.33 bits per heavy atom. The number of anilines is 2. The summed E-state index contributed by atoms with van der Waals surface area (Å²) in [5.74, 6) is 0.252. The monoisotopic (exact) mass is 385 g/mol. The fourth-order valence-electron chi connectivity index (χ4n) is 3.43. The van der Waals surface area contributed by atoms with Gasteiger partial charge in [-0.25, -0.2) is 0 Å². The third kappa shape index (κ3) is 3.53. The second-order valence-electron chi connectivity index (χ2n) is 7.43. The summed E-state index contributed by atoms with van der Waals surface area (Å²) in [7, 11) is 0. The van der Waals surface area contributed by atoms with Gasteiger partial charge in [-0.2, -0.15) is 0 Å². The predicted octanol–water partition coefficient (Wildman–Crippen LogP) is 3.29. The van der Waals surface area contributed by atoms with Gasteiger partial charge in [0, 0.05) is 11.6 Å². The van der Waals surface area contributed by atoms with Crippen LogP contribution in [0.5, 0.6) is 0 Å². The Labute approximate surface area is 162 Å². The highest BCUT2D eigenvalue weighted by molar-refractivity contribution is 7.15. The summed E-state index contributed by atoms with van der Waals surface area (Å²) in [4.78, 5) is 27.1. The molecular formula is C19H23N5O2S. The van der Waals surface area contributed by atoms with Gasteiger partial charge in [0.1, 0.15) is 17.7 Å². The van der Waals surface area contributed by atoms with Crippen molar-refractivity contribution in [3.8, 4) is 0 Å². The summed E-state index contributed by atoms with van der Waals surface area (Å²) in [6.45, 7) is 4.03. The van der Waals surface area contributed by atoms with Crippen LogP contribution < -0.4 is 10.6 Å². The van der Waals surface area contributed by atoms with Gasteiger partial charge in [0.2, 0.25) is 11.0 Å². The van der Waals surface area contributed by atoms with E-state index in [2.05, 4.69) is 20.8 Å². The highest BCUT2D eigenvalue weighted by atomic mass is 32.1. The van der Waals surface area contributed by atoms with Gasteiger partial charge in [-0.1, -0.05) is 43.7 Å². The number of carbonyl (C=O) groups excluding carboxylic acids is 2. The van der Waals surface area contributed by atoms with Crippen LogP contribution in [0.2, 0.25) is 0 Å². The van der Waals surface area contributed by atoms with Gasteiger partial charge in [0.25, 0.3) is 5.91 Å². The van der Waals surface area contributed by atoms with E-state index in [0.717, 1.165) is 23.5 Å². The Morgan fingerprint density at radius 2 is 2.11 bits per heavy atom. The van der Waals surface area contributed by atoms with Gasteiger partial charge in [0.15, 0.2) is 0 Å². The molecule has 2 N–H and O–H groups in total. The molecule has 1 aromatic carbocycles. The Balaban J connectivity index is 1.47. The van der Waals surface area contributed by atoms with Crippen molar-refractivity contribution < 1.29 is 9.59 Å². The first-order valence-electron chi connectivity index (χ1n) is 9.32. The Morgan fingerprint density at radius 3 is 2.81 bits per heavy atom. The molecule has 2 amide bonds. The van der Waals surface area contributed by atoms with E-state index >= 15 is 0 Å². The molecule has 0 spiro atoms. The summed E-state index contributed by atoms with van der Waals surface area (Å²) in [5.41, 5.74) is 1.40. The van der Waals surface area contributed by atoms with Gasteiger partial charge in [-0.05, 0) is 30.9 Å². The number of carbonyl (C=O) groups is 2. The molecule has 0 saturated heterocycles. The van der Waals surface area contributed by atoms with Crippen molar-refractivity contribution in [1.29, 1.82) is 0 Å². The third-order valence-electron chi connectivity index (χ3n) is 5.14. The Bertz CT molecular complexity index is 861. The van der Waals surface area contributed by atoms with E-state index in [1.165, 1.54) is 17.8 Å². The summed E-state index contributed by atoms with van der Waals surface area (Å²) in [5, 5.41) is 15.9. The molecule has 7 nitrogen and oxygen atoms in total. The van der Waals surface area contributed by atoms with Crippen LogP contribution in [-0.4, -0.2) is 39.6 Å². The number of aromatic nitrogens is 2. The van der Waals surface area contributed by atoms with E-state index < -0.39 is 0 Å². The molecule has 0 radical (unpaired) electrons.